The highest BCUT2D eigenvalue weighted by Gasteiger charge is 2.09. The highest BCUT2D eigenvalue weighted by molar-refractivity contribution is 7.80. The fourth-order valence-corrected chi connectivity index (χ4v) is 1.77. The normalized spacial score (nSPS) is 11.5. The minimum Gasteiger partial charge on any atom is -0.378 e. The molecular formula is C15H23N7S2. The molecule has 1 rings (SSSR count). The summed E-state index contributed by atoms with van der Waals surface area (Å²) in [7, 11) is 7.44. The summed E-state index contributed by atoms with van der Waals surface area (Å²) in [5.74, 6) is 0. The second kappa shape index (κ2) is 9.78. The molecule has 0 aliphatic carbocycles. The molecule has 0 heterocycles. The Bertz CT molecular complexity index is 636. The summed E-state index contributed by atoms with van der Waals surface area (Å²) >= 11 is 10.1. The zero-order chi connectivity index (χ0) is 18.1. The third kappa shape index (κ3) is 6.09. The number of rotatable bonds is 5. The third-order valence-electron chi connectivity index (χ3n) is 3.05. The monoisotopic (exact) mass is 365 g/mol. The number of hydrogen-bond donors (Lipinski definition) is 4. The Kier molecular flexibility index (Phi) is 8.07. The van der Waals surface area contributed by atoms with Gasteiger partial charge in [0.25, 0.3) is 0 Å². The van der Waals surface area contributed by atoms with E-state index in [1.807, 2.05) is 50.2 Å². The van der Waals surface area contributed by atoms with Crippen molar-refractivity contribution in [3.05, 3.63) is 29.8 Å². The molecule has 9 heteroatoms. The maximum absolute atomic E-state index is 5.07. The predicted octanol–water partition coefficient (Wildman–Crippen LogP) is 1.02. The molecule has 0 saturated carbocycles. The van der Waals surface area contributed by atoms with E-state index in [2.05, 4.69) is 31.7 Å². The van der Waals surface area contributed by atoms with E-state index in [1.165, 1.54) is 0 Å². The van der Waals surface area contributed by atoms with Crippen LogP contribution in [-0.2, 0) is 0 Å². The summed E-state index contributed by atoms with van der Waals surface area (Å²) < 4.78 is 0. The summed E-state index contributed by atoms with van der Waals surface area (Å²) in [5, 5.41) is 15.1. The molecule has 0 aromatic heterocycles. The second-order valence-electron chi connectivity index (χ2n) is 4.98. The first kappa shape index (κ1) is 19.8. The lowest BCUT2D eigenvalue weighted by atomic mass is 10.1. The number of nitrogens with one attached hydrogen (secondary N) is 4. The number of thiocarbonyl (C=S) groups is 2. The molecule has 0 radical (unpaired) electrons. The molecule has 0 saturated heterocycles. The van der Waals surface area contributed by atoms with Crippen LogP contribution in [0.25, 0.3) is 0 Å². The van der Waals surface area contributed by atoms with Gasteiger partial charge in [0.2, 0.25) is 0 Å². The molecular weight excluding hydrogens is 342 g/mol. The van der Waals surface area contributed by atoms with Gasteiger partial charge < -0.3 is 15.5 Å². The largest absolute Gasteiger partial charge is 0.378 e. The van der Waals surface area contributed by atoms with Crippen molar-refractivity contribution in [2.45, 2.75) is 6.92 Å². The van der Waals surface area contributed by atoms with Gasteiger partial charge in [0.15, 0.2) is 10.2 Å². The topological polar surface area (TPSA) is 76.1 Å². The summed E-state index contributed by atoms with van der Waals surface area (Å²) in [6.07, 6.45) is 0. The van der Waals surface area contributed by atoms with Crippen LogP contribution in [0.2, 0.25) is 0 Å². The maximum atomic E-state index is 5.07. The third-order valence-corrected chi connectivity index (χ3v) is 3.64. The van der Waals surface area contributed by atoms with Crippen molar-refractivity contribution in [1.82, 2.24) is 21.5 Å². The average Bonchev–Trinajstić information content (AvgIpc) is 2.59. The Morgan fingerprint density at radius 1 is 0.917 bits per heavy atom. The maximum Gasteiger partial charge on any atom is 0.186 e. The molecule has 0 aliphatic heterocycles. The van der Waals surface area contributed by atoms with Crippen molar-refractivity contribution in [2.24, 2.45) is 10.2 Å². The van der Waals surface area contributed by atoms with E-state index < -0.39 is 0 Å². The lowest BCUT2D eigenvalue weighted by Crippen LogP contribution is -2.32. The van der Waals surface area contributed by atoms with Crippen LogP contribution < -0.4 is 26.4 Å². The smallest absolute Gasteiger partial charge is 0.186 e. The van der Waals surface area contributed by atoms with Crippen LogP contribution in [0, 0.1) is 0 Å². The van der Waals surface area contributed by atoms with Gasteiger partial charge in [-0.3, -0.25) is 10.9 Å². The van der Waals surface area contributed by atoms with Crippen molar-refractivity contribution in [2.75, 3.05) is 33.1 Å². The lowest BCUT2D eigenvalue weighted by molar-refractivity contribution is 0.966. The Labute approximate surface area is 153 Å². The van der Waals surface area contributed by atoms with E-state index in [0.717, 1.165) is 11.3 Å². The van der Waals surface area contributed by atoms with Crippen LogP contribution in [0.4, 0.5) is 5.69 Å². The van der Waals surface area contributed by atoms with E-state index in [4.69, 9.17) is 24.4 Å². The van der Waals surface area contributed by atoms with Crippen LogP contribution in [0.3, 0.4) is 0 Å². The first-order valence-corrected chi connectivity index (χ1v) is 8.06. The molecule has 0 atom stereocenters. The van der Waals surface area contributed by atoms with Crippen LogP contribution in [0.15, 0.2) is 34.5 Å². The molecule has 24 heavy (non-hydrogen) atoms. The van der Waals surface area contributed by atoms with Gasteiger partial charge in [-0.25, -0.2) is 0 Å². The minimum atomic E-state index is 0.420. The van der Waals surface area contributed by atoms with Crippen LogP contribution in [0.1, 0.15) is 12.5 Å². The Hall–Kier alpha value is -2.26. The fraction of sp³-hybridized carbons (Fsp3) is 0.333. The van der Waals surface area contributed by atoms with Gasteiger partial charge in [-0.15, -0.1) is 0 Å². The average molecular weight is 366 g/mol. The van der Waals surface area contributed by atoms with Gasteiger partial charge >= 0.3 is 0 Å². The Balaban J connectivity index is 3.13. The van der Waals surface area contributed by atoms with Gasteiger partial charge in [0.05, 0.1) is 5.71 Å². The molecule has 130 valence electrons. The summed E-state index contributed by atoms with van der Waals surface area (Å²) in [6, 6.07) is 7.99. The van der Waals surface area contributed by atoms with Crippen molar-refractivity contribution in [3.8, 4) is 0 Å². The van der Waals surface area contributed by atoms with Crippen molar-refractivity contribution < 1.29 is 0 Å². The molecule has 0 fully saturated rings. The number of anilines is 1. The lowest BCUT2D eigenvalue weighted by Gasteiger charge is -2.14. The fourth-order valence-electron chi connectivity index (χ4n) is 1.68. The zero-order valence-corrected chi connectivity index (χ0v) is 16.1. The standard InChI is InChI=1S/C15H23N7S2/c1-10(18-20-14(23)16-2)13(19-21-15(24)17-3)11-6-8-12(9-7-11)22(4)5/h6-9H,1-5H3,(H2,16,20,23)(H2,17,21,24)/b18-10+,19-13-. The second-order valence-corrected chi connectivity index (χ2v) is 5.80. The Morgan fingerprint density at radius 3 is 1.88 bits per heavy atom. The van der Waals surface area contributed by atoms with Crippen molar-refractivity contribution in [3.63, 3.8) is 0 Å². The van der Waals surface area contributed by atoms with Crippen molar-refractivity contribution in [1.29, 1.82) is 0 Å². The van der Waals surface area contributed by atoms with Gasteiger partial charge in [-0.05, 0) is 43.5 Å². The van der Waals surface area contributed by atoms with E-state index in [-0.39, 0.29) is 0 Å². The predicted molar refractivity (Wildman–Crippen MR) is 110 cm³/mol. The number of hydrogen-bond acceptors (Lipinski definition) is 5. The molecule has 0 amide bonds. The molecule has 7 nitrogen and oxygen atoms in total. The molecule has 0 bridgehead atoms. The summed E-state index contributed by atoms with van der Waals surface area (Å²) in [4.78, 5) is 2.03. The van der Waals surface area contributed by atoms with Crippen LogP contribution in [0.5, 0.6) is 0 Å². The molecule has 0 aliphatic rings. The quantitative estimate of drug-likeness (QED) is 0.353. The number of hydrazone groups is 2. The first-order valence-electron chi connectivity index (χ1n) is 7.24. The van der Waals surface area contributed by atoms with Crippen molar-refractivity contribution >= 4 is 51.8 Å². The van der Waals surface area contributed by atoms with E-state index in [0.29, 0.717) is 21.6 Å². The van der Waals surface area contributed by atoms with Gasteiger partial charge in [0.1, 0.15) is 5.71 Å². The molecule has 1 aromatic carbocycles. The highest BCUT2D eigenvalue weighted by atomic mass is 32.1. The molecule has 4 N–H and O–H groups in total. The summed E-state index contributed by atoms with van der Waals surface area (Å²) in [6.45, 7) is 1.84. The SMILES string of the molecule is CNC(=S)N/N=C(C)/C(=N/NC(=S)NC)c1ccc(N(C)C)cc1. The van der Waals surface area contributed by atoms with E-state index >= 15 is 0 Å². The van der Waals surface area contributed by atoms with E-state index in [9.17, 15) is 0 Å². The Morgan fingerprint density at radius 2 is 1.42 bits per heavy atom. The molecule has 1 aromatic rings. The minimum absolute atomic E-state index is 0.420. The first-order chi connectivity index (χ1) is 11.4. The van der Waals surface area contributed by atoms with Crippen LogP contribution in [-0.4, -0.2) is 49.8 Å². The van der Waals surface area contributed by atoms with E-state index in [1.54, 1.807) is 14.1 Å². The van der Waals surface area contributed by atoms with Crippen LogP contribution >= 0.6 is 24.4 Å². The molecule has 0 unspecified atom stereocenters. The number of nitrogens with zero attached hydrogens (tertiary/aromatic N) is 3. The van der Waals surface area contributed by atoms with Gasteiger partial charge in [-0.2, -0.15) is 10.2 Å². The van der Waals surface area contributed by atoms with Gasteiger partial charge in [-0.1, -0.05) is 12.1 Å². The highest BCUT2D eigenvalue weighted by Crippen LogP contribution is 2.13. The zero-order valence-electron chi connectivity index (χ0n) is 14.5. The van der Waals surface area contributed by atoms with Gasteiger partial charge in [0, 0.05) is 39.4 Å². The summed E-state index contributed by atoms with van der Waals surface area (Å²) in [5.41, 5.74) is 8.87. The molecule has 0 spiro atoms. The number of benzene rings is 1.